The number of thiazole rings is 1. The van der Waals surface area contributed by atoms with Crippen molar-refractivity contribution < 1.29 is 23.5 Å². The number of nitrogens with two attached hydrogens (primary N) is 1. The van der Waals surface area contributed by atoms with Crippen LogP contribution in [0.1, 0.15) is 10.5 Å². The average Bonchev–Trinajstić information content (AvgIpc) is 3.17. The van der Waals surface area contributed by atoms with Gasteiger partial charge in [0.15, 0.2) is 18.1 Å². The molecule has 3 N–H and O–H groups in total. The summed E-state index contributed by atoms with van der Waals surface area (Å²) < 4.78 is 24.3. The summed E-state index contributed by atoms with van der Waals surface area (Å²) in [6, 6.07) is 10.9. The minimum atomic E-state index is -0.639. The molecule has 9 heteroatoms. The molecular weight excluding hydrogens is 385 g/mol. The van der Waals surface area contributed by atoms with E-state index in [2.05, 4.69) is 10.3 Å². The summed E-state index contributed by atoms with van der Waals surface area (Å²) in [6.07, 6.45) is 0. The zero-order valence-corrected chi connectivity index (χ0v) is 15.6. The quantitative estimate of drug-likeness (QED) is 0.633. The lowest BCUT2D eigenvalue weighted by molar-refractivity contribution is -0.119. The van der Waals surface area contributed by atoms with Crippen LogP contribution >= 0.6 is 11.3 Å². The second-order valence-corrected chi connectivity index (χ2v) is 6.45. The normalized spacial score (nSPS) is 10.4. The molecule has 0 fully saturated rings. The van der Waals surface area contributed by atoms with Crippen LogP contribution in [-0.2, 0) is 4.79 Å². The number of methoxy groups -OCH3 is 1. The van der Waals surface area contributed by atoms with E-state index in [1.54, 1.807) is 35.7 Å². The average molecular weight is 401 g/mol. The number of halogens is 1. The van der Waals surface area contributed by atoms with Crippen LogP contribution in [0.15, 0.2) is 47.8 Å². The van der Waals surface area contributed by atoms with Crippen LogP contribution in [0.4, 0.5) is 10.1 Å². The first kappa shape index (κ1) is 19.3. The lowest BCUT2D eigenvalue weighted by Crippen LogP contribution is -2.20. The molecule has 0 aliphatic carbocycles. The van der Waals surface area contributed by atoms with E-state index in [-0.39, 0.29) is 18.1 Å². The van der Waals surface area contributed by atoms with Crippen LogP contribution in [-0.4, -0.2) is 30.5 Å². The van der Waals surface area contributed by atoms with Crippen molar-refractivity contribution in [1.29, 1.82) is 0 Å². The molecule has 1 aromatic heterocycles. The number of nitrogens with one attached hydrogen (secondary N) is 1. The highest BCUT2D eigenvalue weighted by Gasteiger charge is 2.15. The van der Waals surface area contributed by atoms with Gasteiger partial charge in [-0.1, -0.05) is 12.1 Å². The Balaban J connectivity index is 1.77. The van der Waals surface area contributed by atoms with E-state index in [0.717, 1.165) is 0 Å². The predicted molar refractivity (Wildman–Crippen MR) is 103 cm³/mol. The van der Waals surface area contributed by atoms with E-state index >= 15 is 0 Å². The number of primary amides is 1. The Bertz CT molecular complexity index is 1020. The Hall–Kier alpha value is -3.46. The topological polar surface area (TPSA) is 104 Å². The Morgan fingerprint density at radius 3 is 2.71 bits per heavy atom. The van der Waals surface area contributed by atoms with Gasteiger partial charge in [-0.05, 0) is 24.3 Å². The zero-order chi connectivity index (χ0) is 20.1. The summed E-state index contributed by atoms with van der Waals surface area (Å²) in [5, 5.41) is 4.63. The summed E-state index contributed by atoms with van der Waals surface area (Å²) in [6.45, 7) is -0.328. The third kappa shape index (κ3) is 4.44. The van der Waals surface area contributed by atoms with E-state index in [1.165, 1.54) is 30.6 Å². The molecule has 7 nitrogen and oxygen atoms in total. The summed E-state index contributed by atoms with van der Waals surface area (Å²) in [4.78, 5) is 27.6. The number of aromatic nitrogens is 1. The Morgan fingerprint density at radius 2 is 2.00 bits per heavy atom. The monoisotopic (exact) mass is 401 g/mol. The van der Waals surface area contributed by atoms with Crippen LogP contribution < -0.4 is 20.5 Å². The second kappa shape index (κ2) is 8.49. The number of ether oxygens (including phenoxy) is 2. The van der Waals surface area contributed by atoms with Gasteiger partial charge >= 0.3 is 0 Å². The maximum atomic E-state index is 13.9. The number of hydrogen-bond donors (Lipinski definition) is 2. The van der Waals surface area contributed by atoms with Crippen LogP contribution in [0.25, 0.3) is 10.6 Å². The number of amides is 2. The molecule has 0 aliphatic heterocycles. The number of benzene rings is 2. The summed E-state index contributed by atoms with van der Waals surface area (Å²) in [5.41, 5.74) is 5.97. The van der Waals surface area contributed by atoms with Gasteiger partial charge in [-0.3, -0.25) is 9.59 Å². The first-order valence-electron chi connectivity index (χ1n) is 8.09. The number of carbonyl (C=O) groups excluding carboxylic acids is 2. The highest BCUT2D eigenvalue weighted by molar-refractivity contribution is 7.13. The van der Waals surface area contributed by atoms with E-state index in [1.807, 2.05) is 0 Å². The van der Waals surface area contributed by atoms with Gasteiger partial charge in [-0.25, -0.2) is 9.37 Å². The van der Waals surface area contributed by atoms with Gasteiger partial charge < -0.3 is 20.5 Å². The fraction of sp³-hybridized carbons (Fsp3) is 0.105. The number of anilines is 1. The SMILES string of the molecule is COc1ccc(NC(=O)c2csc(-c3ccccc3F)n2)cc1OCC(N)=O. The smallest absolute Gasteiger partial charge is 0.275 e. The standard InChI is InChI=1S/C19H16FN3O4S/c1-26-15-7-6-11(8-16(15)27-9-17(21)24)22-18(25)14-10-28-19(23-14)12-4-2-3-5-13(12)20/h2-8,10H,9H2,1H3,(H2,21,24)(H,22,25). The van der Waals surface area contributed by atoms with Gasteiger partial charge in [0.25, 0.3) is 11.8 Å². The van der Waals surface area contributed by atoms with Crippen molar-refractivity contribution in [3.8, 4) is 22.1 Å². The first-order valence-corrected chi connectivity index (χ1v) is 8.97. The molecule has 0 unspecified atom stereocenters. The number of nitrogens with zero attached hydrogens (tertiary/aromatic N) is 1. The predicted octanol–water partition coefficient (Wildman–Crippen LogP) is 3.07. The Morgan fingerprint density at radius 1 is 1.21 bits per heavy atom. The van der Waals surface area contributed by atoms with Crippen molar-refractivity contribution >= 4 is 28.8 Å². The number of hydrogen-bond acceptors (Lipinski definition) is 6. The Kier molecular flexibility index (Phi) is 5.85. The molecule has 1 heterocycles. The third-order valence-electron chi connectivity index (χ3n) is 3.63. The maximum absolute atomic E-state index is 13.9. The lowest BCUT2D eigenvalue weighted by Gasteiger charge is -2.11. The summed E-state index contributed by atoms with van der Waals surface area (Å²) >= 11 is 1.17. The summed E-state index contributed by atoms with van der Waals surface area (Å²) in [7, 11) is 1.45. The van der Waals surface area contributed by atoms with E-state index in [9.17, 15) is 14.0 Å². The van der Waals surface area contributed by atoms with Gasteiger partial charge in [0.05, 0.1) is 7.11 Å². The van der Waals surface area contributed by atoms with Gasteiger partial charge in [0, 0.05) is 22.7 Å². The molecule has 28 heavy (non-hydrogen) atoms. The Labute approximate surface area is 163 Å². The lowest BCUT2D eigenvalue weighted by atomic mass is 10.2. The molecule has 2 amide bonds. The highest BCUT2D eigenvalue weighted by atomic mass is 32.1. The van der Waals surface area contributed by atoms with Crippen LogP contribution in [0.3, 0.4) is 0 Å². The van der Waals surface area contributed by atoms with Crippen molar-refractivity contribution in [3.63, 3.8) is 0 Å². The van der Waals surface area contributed by atoms with Crippen molar-refractivity contribution in [3.05, 3.63) is 59.4 Å². The molecule has 3 aromatic rings. The zero-order valence-electron chi connectivity index (χ0n) is 14.8. The molecule has 0 aliphatic rings. The van der Waals surface area contributed by atoms with Gasteiger partial charge in [0.2, 0.25) is 0 Å². The maximum Gasteiger partial charge on any atom is 0.275 e. The molecule has 0 radical (unpaired) electrons. The van der Waals surface area contributed by atoms with Crippen LogP contribution in [0, 0.1) is 5.82 Å². The minimum Gasteiger partial charge on any atom is -0.493 e. The van der Waals surface area contributed by atoms with Gasteiger partial charge in [-0.2, -0.15) is 0 Å². The third-order valence-corrected chi connectivity index (χ3v) is 4.51. The van der Waals surface area contributed by atoms with E-state index < -0.39 is 17.6 Å². The van der Waals surface area contributed by atoms with Gasteiger partial charge in [-0.15, -0.1) is 11.3 Å². The van der Waals surface area contributed by atoms with E-state index in [4.69, 9.17) is 15.2 Å². The molecule has 0 spiro atoms. The molecular formula is C19H16FN3O4S. The molecule has 3 rings (SSSR count). The molecule has 0 saturated carbocycles. The molecule has 2 aromatic carbocycles. The van der Waals surface area contributed by atoms with Crippen molar-refractivity contribution in [2.75, 3.05) is 19.0 Å². The molecule has 0 atom stereocenters. The van der Waals surface area contributed by atoms with Gasteiger partial charge in [0.1, 0.15) is 16.5 Å². The highest BCUT2D eigenvalue weighted by Crippen LogP contribution is 2.31. The fourth-order valence-electron chi connectivity index (χ4n) is 2.35. The summed E-state index contributed by atoms with van der Waals surface area (Å²) in [5.74, 6) is -0.876. The molecule has 0 saturated heterocycles. The molecule has 0 bridgehead atoms. The first-order chi connectivity index (χ1) is 13.5. The largest absolute Gasteiger partial charge is 0.493 e. The van der Waals surface area contributed by atoms with Crippen molar-refractivity contribution in [2.24, 2.45) is 5.73 Å². The fourth-order valence-corrected chi connectivity index (χ4v) is 3.17. The molecule has 144 valence electrons. The van der Waals surface area contributed by atoms with E-state index in [0.29, 0.717) is 22.0 Å². The minimum absolute atomic E-state index is 0.152. The van der Waals surface area contributed by atoms with Crippen molar-refractivity contribution in [2.45, 2.75) is 0 Å². The van der Waals surface area contributed by atoms with Crippen LogP contribution in [0.2, 0.25) is 0 Å². The second-order valence-electron chi connectivity index (χ2n) is 5.59. The van der Waals surface area contributed by atoms with Crippen LogP contribution in [0.5, 0.6) is 11.5 Å². The number of rotatable bonds is 7. The number of carbonyl (C=O) groups is 2. The van der Waals surface area contributed by atoms with Crippen molar-refractivity contribution in [1.82, 2.24) is 4.98 Å².